The Kier molecular flexibility index (Phi) is 4.74. The van der Waals surface area contributed by atoms with Gasteiger partial charge >= 0.3 is 0 Å². The van der Waals surface area contributed by atoms with E-state index in [1.807, 2.05) is 6.92 Å². The molecular formula is C11H17N3O. The molecule has 0 bridgehead atoms. The Morgan fingerprint density at radius 1 is 1.33 bits per heavy atom. The van der Waals surface area contributed by atoms with Gasteiger partial charge in [-0.15, -0.1) is 5.10 Å². The van der Waals surface area contributed by atoms with Crippen LogP contribution in [0, 0.1) is 6.92 Å². The zero-order chi connectivity index (χ0) is 11.1. The lowest BCUT2D eigenvalue weighted by atomic mass is 10.2. The van der Waals surface area contributed by atoms with Crippen molar-refractivity contribution in [2.75, 3.05) is 6.54 Å². The van der Waals surface area contributed by atoms with Crippen LogP contribution >= 0.6 is 0 Å². The summed E-state index contributed by atoms with van der Waals surface area (Å²) >= 11 is 0. The lowest BCUT2D eigenvalue weighted by Crippen LogP contribution is -2.25. The van der Waals surface area contributed by atoms with Crippen LogP contribution in [0.1, 0.15) is 42.4 Å². The molecule has 1 heterocycles. The van der Waals surface area contributed by atoms with Crippen LogP contribution in [0.15, 0.2) is 12.1 Å². The van der Waals surface area contributed by atoms with E-state index in [0.29, 0.717) is 12.2 Å². The highest BCUT2D eigenvalue weighted by atomic mass is 16.1. The predicted octanol–water partition coefficient (Wildman–Crippen LogP) is 1.71. The largest absolute Gasteiger partial charge is 0.351 e. The molecule has 0 fully saturated rings. The quantitative estimate of drug-likeness (QED) is 0.748. The molecule has 1 amide bonds. The molecule has 0 aliphatic heterocycles. The third kappa shape index (κ3) is 4.06. The highest BCUT2D eigenvalue weighted by molar-refractivity contribution is 5.91. The molecule has 0 aromatic carbocycles. The van der Waals surface area contributed by atoms with Crippen LogP contribution in [0.25, 0.3) is 0 Å². The Morgan fingerprint density at radius 3 is 2.73 bits per heavy atom. The smallest absolute Gasteiger partial charge is 0.271 e. The van der Waals surface area contributed by atoms with Crippen LogP contribution in [0.2, 0.25) is 0 Å². The molecule has 1 aromatic heterocycles. The summed E-state index contributed by atoms with van der Waals surface area (Å²) in [4.78, 5) is 11.5. The topological polar surface area (TPSA) is 54.9 Å². The van der Waals surface area contributed by atoms with Gasteiger partial charge in [-0.3, -0.25) is 4.79 Å². The van der Waals surface area contributed by atoms with Gasteiger partial charge in [-0.25, -0.2) is 0 Å². The second-order valence-electron chi connectivity index (χ2n) is 3.52. The van der Waals surface area contributed by atoms with E-state index in [1.54, 1.807) is 12.1 Å². The van der Waals surface area contributed by atoms with Gasteiger partial charge in [0.25, 0.3) is 5.91 Å². The highest BCUT2D eigenvalue weighted by Crippen LogP contribution is 1.96. The number of hydrogen-bond donors (Lipinski definition) is 1. The monoisotopic (exact) mass is 207 g/mol. The molecule has 0 unspecified atom stereocenters. The first kappa shape index (κ1) is 11.6. The van der Waals surface area contributed by atoms with Crippen molar-refractivity contribution in [2.45, 2.75) is 33.1 Å². The van der Waals surface area contributed by atoms with Crippen molar-refractivity contribution in [1.82, 2.24) is 15.5 Å². The van der Waals surface area contributed by atoms with E-state index in [9.17, 15) is 4.79 Å². The first-order valence-corrected chi connectivity index (χ1v) is 5.32. The molecule has 1 aromatic rings. The van der Waals surface area contributed by atoms with Crippen molar-refractivity contribution in [2.24, 2.45) is 0 Å². The summed E-state index contributed by atoms with van der Waals surface area (Å²) in [5.74, 6) is -0.140. The third-order valence-corrected chi connectivity index (χ3v) is 2.10. The Hall–Kier alpha value is -1.45. The molecule has 0 aliphatic rings. The van der Waals surface area contributed by atoms with E-state index < -0.39 is 0 Å². The van der Waals surface area contributed by atoms with Crippen LogP contribution in [0.4, 0.5) is 0 Å². The third-order valence-electron chi connectivity index (χ3n) is 2.10. The lowest BCUT2D eigenvalue weighted by molar-refractivity contribution is 0.0947. The Balaban J connectivity index is 2.37. The minimum absolute atomic E-state index is 0.140. The standard InChI is InChI=1S/C11H17N3O/c1-3-4-5-8-12-11(15)10-7-6-9(2)13-14-10/h6-7H,3-5,8H2,1-2H3,(H,12,15). The van der Waals surface area contributed by atoms with Crippen LogP contribution in [0.5, 0.6) is 0 Å². The number of nitrogens with one attached hydrogen (secondary N) is 1. The van der Waals surface area contributed by atoms with E-state index in [0.717, 1.165) is 25.0 Å². The summed E-state index contributed by atoms with van der Waals surface area (Å²) in [5, 5.41) is 10.5. The van der Waals surface area contributed by atoms with Gasteiger partial charge in [-0.05, 0) is 25.5 Å². The normalized spacial score (nSPS) is 10.0. The number of amides is 1. The van der Waals surface area contributed by atoms with E-state index in [2.05, 4.69) is 22.4 Å². The molecular weight excluding hydrogens is 190 g/mol. The maximum absolute atomic E-state index is 11.5. The summed E-state index contributed by atoms with van der Waals surface area (Å²) in [7, 11) is 0. The molecule has 0 spiro atoms. The first-order chi connectivity index (χ1) is 7.24. The van der Waals surface area contributed by atoms with Gasteiger partial charge in [0, 0.05) is 6.54 Å². The SMILES string of the molecule is CCCCCNC(=O)c1ccc(C)nn1. The molecule has 0 saturated heterocycles. The number of aromatic nitrogens is 2. The van der Waals surface area contributed by atoms with Crippen molar-refractivity contribution in [3.8, 4) is 0 Å². The van der Waals surface area contributed by atoms with Crippen LogP contribution in [0.3, 0.4) is 0 Å². The number of carbonyl (C=O) groups excluding carboxylic acids is 1. The van der Waals surface area contributed by atoms with Crippen LogP contribution in [-0.4, -0.2) is 22.6 Å². The molecule has 0 atom stereocenters. The van der Waals surface area contributed by atoms with Gasteiger partial charge in [-0.1, -0.05) is 19.8 Å². The van der Waals surface area contributed by atoms with Crippen molar-refractivity contribution < 1.29 is 4.79 Å². The maximum atomic E-state index is 11.5. The number of unbranched alkanes of at least 4 members (excludes halogenated alkanes) is 2. The second-order valence-corrected chi connectivity index (χ2v) is 3.52. The summed E-state index contributed by atoms with van der Waals surface area (Å²) in [5.41, 5.74) is 1.20. The van der Waals surface area contributed by atoms with E-state index >= 15 is 0 Å². The molecule has 4 nitrogen and oxygen atoms in total. The molecule has 15 heavy (non-hydrogen) atoms. The fourth-order valence-corrected chi connectivity index (χ4v) is 1.19. The minimum Gasteiger partial charge on any atom is -0.351 e. The summed E-state index contributed by atoms with van der Waals surface area (Å²) in [6.45, 7) is 4.69. The summed E-state index contributed by atoms with van der Waals surface area (Å²) < 4.78 is 0. The Labute approximate surface area is 90.1 Å². The minimum atomic E-state index is -0.140. The maximum Gasteiger partial charge on any atom is 0.271 e. The van der Waals surface area contributed by atoms with Crippen molar-refractivity contribution in [1.29, 1.82) is 0 Å². The zero-order valence-corrected chi connectivity index (χ0v) is 9.29. The fraction of sp³-hybridized carbons (Fsp3) is 0.545. The highest BCUT2D eigenvalue weighted by Gasteiger charge is 2.05. The molecule has 82 valence electrons. The fourth-order valence-electron chi connectivity index (χ4n) is 1.19. The molecule has 0 aliphatic carbocycles. The van der Waals surface area contributed by atoms with Gasteiger partial charge in [0.2, 0.25) is 0 Å². The van der Waals surface area contributed by atoms with Gasteiger partial charge in [0.1, 0.15) is 0 Å². The van der Waals surface area contributed by atoms with Crippen molar-refractivity contribution in [3.63, 3.8) is 0 Å². The van der Waals surface area contributed by atoms with Crippen molar-refractivity contribution >= 4 is 5.91 Å². The molecule has 1 N–H and O–H groups in total. The number of rotatable bonds is 5. The van der Waals surface area contributed by atoms with Crippen LogP contribution in [-0.2, 0) is 0 Å². The van der Waals surface area contributed by atoms with Gasteiger partial charge in [-0.2, -0.15) is 5.10 Å². The number of carbonyl (C=O) groups is 1. The molecule has 0 radical (unpaired) electrons. The van der Waals surface area contributed by atoms with E-state index in [1.165, 1.54) is 0 Å². The van der Waals surface area contributed by atoms with E-state index in [-0.39, 0.29) is 5.91 Å². The summed E-state index contributed by atoms with van der Waals surface area (Å²) in [6.07, 6.45) is 3.31. The molecule has 4 heteroatoms. The predicted molar refractivity (Wildman–Crippen MR) is 58.6 cm³/mol. The molecule has 0 saturated carbocycles. The van der Waals surface area contributed by atoms with Crippen LogP contribution < -0.4 is 5.32 Å². The summed E-state index contributed by atoms with van der Waals surface area (Å²) in [6, 6.07) is 3.48. The lowest BCUT2D eigenvalue weighted by Gasteiger charge is -2.03. The number of hydrogen-bond acceptors (Lipinski definition) is 3. The molecule has 1 rings (SSSR count). The van der Waals surface area contributed by atoms with E-state index in [4.69, 9.17) is 0 Å². The first-order valence-electron chi connectivity index (χ1n) is 5.32. The average molecular weight is 207 g/mol. The Bertz CT molecular complexity index is 308. The van der Waals surface area contributed by atoms with Crippen molar-refractivity contribution in [3.05, 3.63) is 23.5 Å². The zero-order valence-electron chi connectivity index (χ0n) is 9.29. The Morgan fingerprint density at radius 2 is 2.13 bits per heavy atom. The van der Waals surface area contributed by atoms with Gasteiger partial charge in [0.05, 0.1) is 5.69 Å². The average Bonchev–Trinajstić information content (AvgIpc) is 2.25. The number of nitrogens with zero attached hydrogens (tertiary/aromatic N) is 2. The second kappa shape index (κ2) is 6.11. The van der Waals surface area contributed by atoms with Gasteiger partial charge < -0.3 is 5.32 Å². The van der Waals surface area contributed by atoms with Gasteiger partial charge in [0.15, 0.2) is 5.69 Å². The number of aryl methyl sites for hydroxylation is 1.